The third kappa shape index (κ3) is 3.09. The molecule has 1 aliphatic carbocycles. The second-order valence-electron chi connectivity index (χ2n) is 7.95. The minimum Gasteiger partial charge on any atom is -0.479 e. The highest BCUT2D eigenvalue weighted by molar-refractivity contribution is 5.97. The topological polar surface area (TPSA) is 93.5 Å². The molecule has 3 rings (SSSR count). The summed E-state index contributed by atoms with van der Waals surface area (Å²) >= 11 is 0. The Morgan fingerprint density at radius 2 is 1.93 bits per heavy atom. The van der Waals surface area contributed by atoms with Crippen LogP contribution in [0.5, 0.6) is 0 Å². The monoisotopic (exact) mass is 385 g/mol. The quantitative estimate of drug-likeness (QED) is 0.797. The molecule has 28 heavy (non-hydrogen) atoms. The van der Waals surface area contributed by atoms with Crippen molar-refractivity contribution in [1.82, 2.24) is 15.1 Å². The Labute approximate surface area is 164 Å². The van der Waals surface area contributed by atoms with Gasteiger partial charge in [0.15, 0.2) is 5.69 Å². The maximum atomic E-state index is 12.9. The molecule has 7 nitrogen and oxygen atoms in total. The van der Waals surface area contributed by atoms with Crippen molar-refractivity contribution in [2.75, 3.05) is 6.61 Å². The number of rotatable bonds is 6. The highest BCUT2D eigenvalue weighted by atomic mass is 16.5. The molecule has 0 aliphatic heterocycles. The zero-order chi connectivity index (χ0) is 20.7. The van der Waals surface area contributed by atoms with E-state index in [-0.39, 0.29) is 18.2 Å². The molecule has 1 aromatic carbocycles. The van der Waals surface area contributed by atoms with Crippen LogP contribution < -0.4 is 5.32 Å². The molecule has 1 heterocycles. The molecular weight excluding hydrogens is 358 g/mol. The van der Waals surface area contributed by atoms with Gasteiger partial charge in [0.25, 0.3) is 5.91 Å². The van der Waals surface area contributed by atoms with Gasteiger partial charge in [-0.05, 0) is 39.0 Å². The minimum atomic E-state index is -1.38. The van der Waals surface area contributed by atoms with Crippen LogP contribution in [0, 0.1) is 19.3 Å². The van der Waals surface area contributed by atoms with Gasteiger partial charge in [0.05, 0.1) is 11.8 Å². The van der Waals surface area contributed by atoms with Crippen LogP contribution in [-0.2, 0) is 9.53 Å². The third-order valence-electron chi connectivity index (χ3n) is 5.85. The van der Waals surface area contributed by atoms with E-state index in [1.807, 2.05) is 45.0 Å². The fourth-order valence-corrected chi connectivity index (χ4v) is 3.83. The average molecular weight is 385 g/mol. The van der Waals surface area contributed by atoms with Crippen molar-refractivity contribution in [3.63, 3.8) is 0 Å². The Morgan fingerprint density at radius 1 is 1.29 bits per heavy atom. The molecule has 7 heteroatoms. The van der Waals surface area contributed by atoms with Gasteiger partial charge >= 0.3 is 5.97 Å². The summed E-state index contributed by atoms with van der Waals surface area (Å²) in [5, 5.41) is 17.0. The summed E-state index contributed by atoms with van der Waals surface area (Å²) in [4.78, 5) is 24.9. The maximum absolute atomic E-state index is 12.9. The van der Waals surface area contributed by atoms with E-state index in [0.717, 1.165) is 16.9 Å². The summed E-state index contributed by atoms with van der Waals surface area (Å²) in [5.74, 6) is -1.56. The Morgan fingerprint density at radius 3 is 2.46 bits per heavy atom. The molecule has 150 valence electrons. The summed E-state index contributed by atoms with van der Waals surface area (Å²) in [6.45, 7) is 9.84. The van der Waals surface area contributed by atoms with Crippen LogP contribution in [0.15, 0.2) is 30.3 Å². The first-order valence-corrected chi connectivity index (χ1v) is 9.43. The SMILES string of the molecule is CCOC1CC(NC(=O)c2cc(C)n(-c3ccc(C)cc3)n2)(C(=O)O)C1(C)C. The lowest BCUT2D eigenvalue weighted by Gasteiger charge is -2.58. The summed E-state index contributed by atoms with van der Waals surface area (Å²) in [6, 6.07) is 9.46. The van der Waals surface area contributed by atoms with Gasteiger partial charge in [-0.2, -0.15) is 5.10 Å². The van der Waals surface area contributed by atoms with Crippen LogP contribution in [0.2, 0.25) is 0 Å². The number of carbonyl (C=O) groups excluding carboxylic acids is 1. The summed E-state index contributed by atoms with van der Waals surface area (Å²) in [7, 11) is 0. The van der Waals surface area contributed by atoms with Crippen LogP contribution in [0.3, 0.4) is 0 Å². The molecule has 1 amide bonds. The molecule has 2 atom stereocenters. The molecule has 0 saturated heterocycles. The Kier molecular flexibility index (Phi) is 5.06. The number of hydrogen-bond acceptors (Lipinski definition) is 4. The van der Waals surface area contributed by atoms with Crippen molar-refractivity contribution in [2.45, 2.75) is 52.7 Å². The third-order valence-corrected chi connectivity index (χ3v) is 5.85. The highest BCUT2D eigenvalue weighted by Crippen LogP contribution is 2.51. The number of carboxylic acids is 1. The largest absolute Gasteiger partial charge is 0.479 e. The van der Waals surface area contributed by atoms with Crippen LogP contribution in [0.4, 0.5) is 0 Å². The van der Waals surface area contributed by atoms with Gasteiger partial charge in [-0.3, -0.25) is 4.79 Å². The van der Waals surface area contributed by atoms with Gasteiger partial charge in [0.1, 0.15) is 5.54 Å². The number of aryl methyl sites for hydroxylation is 2. The predicted molar refractivity (Wildman–Crippen MR) is 105 cm³/mol. The number of aliphatic carboxylic acids is 1. The fourth-order valence-electron chi connectivity index (χ4n) is 3.83. The second kappa shape index (κ2) is 7.05. The first-order chi connectivity index (χ1) is 13.1. The van der Waals surface area contributed by atoms with Crippen molar-refractivity contribution < 1.29 is 19.4 Å². The number of ether oxygens (including phenoxy) is 1. The summed E-state index contributed by atoms with van der Waals surface area (Å²) in [5.41, 5.74) is 0.833. The first-order valence-electron chi connectivity index (χ1n) is 9.43. The smallest absolute Gasteiger partial charge is 0.330 e. The van der Waals surface area contributed by atoms with E-state index in [4.69, 9.17) is 4.74 Å². The summed E-state index contributed by atoms with van der Waals surface area (Å²) < 4.78 is 7.32. The molecule has 1 fully saturated rings. The highest BCUT2D eigenvalue weighted by Gasteiger charge is 2.66. The minimum absolute atomic E-state index is 0.189. The maximum Gasteiger partial charge on any atom is 0.330 e. The molecule has 0 radical (unpaired) electrons. The molecule has 2 N–H and O–H groups in total. The molecule has 2 aromatic rings. The zero-order valence-electron chi connectivity index (χ0n) is 16.9. The Balaban J connectivity index is 1.85. The van der Waals surface area contributed by atoms with Crippen LogP contribution >= 0.6 is 0 Å². The van der Waals surface area contributed by atoms with E-state index < -0.39 is 22.8 Å². The number of benzene rings is 1. The van der Waals surface area contributed by atoms with Gasteiger partial charge in [-0.25, -0.2) is 9.48 Å². The molecular formula is C21H27N3O4. The second-order valence-corrected chi connectivity index (χ2v) is 7.95. The van der Waals surface area contributed by atoms with E-state index in [2.05, 4.69) is 10.4 Å². The molecule has 1 aliphatic rings. The van der Waals surface area contributed by atoms with Crippen LogP contribution in [-0.4, -0.2) is 45.0 Å². The number of carbonyl (C=O) groups is 2. The fraction of sp³-hybridized carbons (Fsp3) is 0.476. The Hall–Kier alpha value is -2.67. The van der Waals surface area contributed by atoms with Gasteiger partial charge in [-0.1, -0.05) is 31.5 Å². The van der Waals surface area contributed by atoms with E-state index in [9.17, 15) is 14.7 Å². The molecule has 1 saturated carbocycles. The lowest BCUT2D eigenvalue weighted by molar-refractivity contribution is -0.190. The van der Waals surface area contributed by atoms with Crippen molar-refractivity contribution in [3.05, 3.63) is 47.3 Å². The van der Waals surface area contributed by atoms with E-state index in [1.54, 1.807) is 24.6 Å². The van der Waals surface area contributed by atoms with Crippen LogP contribution in [0.1, 0.15) is 48.9 Å². The Bertz CT molecular complexity index is 901. The molecule has 2 unspecified atom stereocenters. The number of amides is 1. The van der Waals surface area contributed by atoms with Gasteiger partial charge < -0.3 is 15.2 Å². The molecule has 0 bridgehead atoms. The number of aromatic nitrogens is 2. The molecule has 0 spiro atoms. The van der Waals surface area contributed by atoms with Gasteiger partial charge in [0.2, 0.25) is 0 Å². The van der Waals surface area contributed by atoms with E-state index in [0.29, 0.717) is 6.61 Å². The van der Waals surface area contributed by atoms with Crippen LogP contribution in [0.25, 0.3) is 5.69 Å². The van der Waals surface area contributed by atoms with Crippen molar-refractivity contribution in [1.29, 1.82) is 0 Å². The predicted octanol–water partition coefficient (Wildman–Crippen LogP) is 2.88. The standard InChI is InChI=1S/C21H27N3O4/c1-6-28-17-12-21(19(26)27,20(17,4)5)22-18(25)16-11-14(3)24(23-16)15-9-7-13(2)8-10-15/h7-11,17H,6,12H2,1-5H3,(H,22,25)(H,26,27). The van der Waals surface area contributed by atoms with E-state index >= 15 is 0 Å². The van der Waals surface area contributed by atoms with Gasteiger partial charge in [-0.15, -0.1) is 0 Å². The normalized spacial score (nSPS) is 23.1. The molecule has 1 aromatic heterocycles. The first kappa shape index (κ1) is 20.1. The van der Waals surface area contributed by atoms with Gasteiger partial charge in [0, 0.05) is 24.1 Å². The zero-order valence-corrected chi connectivity index (χ0v) is 16.9. The van der Waals surface area contributed by atoms with E-state index in [1.165, 1.54) is 0 Å². The lowest BCUT2D eigenvalue weighted by atomic mass is 9.54. The van der Waals surface area contributed by atoms with Crippen molar-refractivity contribution in [2.24, 2.45) is 5.41 Å². The number of nitrogens with one attached hydrogen (secondary N) is 1. The number of nitrogens with zero attached hydrogens (tertiary/aromatic N) is 2. The number of hydrogen-bond donors (Lipinski definition) is 2. The number of carboxylic acid groups (broad SMARTS) is 1. The average Bonchev–Trinajstić information content (AvgIpc) is 3.02. The van der Waals surface area contributed by atoms with Crippen molar-refractivity contribution >= 4 is 11.9 Å². The summed E-state index contributed by atoms with van der Waals surface area (Å²) in [6.07, 6.45) is 0.00721. The van der Waals surface area contributed by atoms with Crippen molar-refractivity contribution in [3.8, 4) is 5.69 Å². The lowest BCUT2D eigenvalue weighted by Crippen LogP contribution is -2.76.